The molecule has 0 aromatic rings. The molecule has 120 valence electrons. The van der Waals surface area contributed by atoms with Crippen molar-refractivity contribution in [1.82, 2.24) is 20.9 Å². The minimum Gasteiger partial charge on any atom is -0.346 e. The molecular formula is C12H17N5O5. The van der Waals surface area contributed by atoms with Crippen LogP contribution in [0.4, 0.5) is 0 Å². The van der Waals surface area contributed by atoms with Gasteiger partial charge in [-0.15, -0.1) is 0 Å². The molecule has 1 saturated heterocycles. The summed E-state index contributed by atoms with van der Waals surface area (Å²) in [6.07, 6.45) is 2.64. The van der Waals surface area contributed by atoms with Gasteiger partial charge in [-0.1, -0.05) is 0 Å². The normalized spacial score (nSPS) is 21.9. The third-order valence-electron chi connectivity index (χ3n) is 3.04. The Kier molecular flexibility index (Phi) is 5.07. The first-order chi connectivity index (χ1) is 10.5. The summed E-state index contributed by atoms with van der Waals surface area (Å²) in [4.78, 5) is 46.7. The van der Waals surface area contributed by atoms with Gasteiger partial charge in [0.1, 0.15) is 6.10 Å². The molecule has 10 heteroatoms. The molecule has 2 aliphatic rings. The maximum Gasteiger partial charge on any atom is 0.249 e. The minimum atomic E-state index is -0.514. The van der Waals surface area contributed by atoms with Crippen molar-refractivity contribution in [2.45, 2.75) is 12.3 Å². The maximum absolute atomic E-state index is 11.6. The highest BCUT2D eigenvalue weighted by Crippen LogP contribution is 2.30. The second-order valence-electron chi connectivity index (χ2n) is 4.67. The summed E-state index contributed by atoms with van der Waals surface area (Å²) >= 11 is 0. The van der Waals surface area contributed by atoms with Crippen molar-refractivity contribution in [3.63, 3.8) is 0 Å². The number of carbonyl (C=O) groups is 4. The number of hydrogen-bond donors (Lipinski definition) is 4. The molecule has 0 aromatic carbocycles. The molecule has 1 fully saturated rings. The summed E-state index contributed by atoms with van der Waals surface area (Å²) in [6.45, 7) is -0.722. The smallest absolute Gasteiger partial charge is 0.249 e. The molecule has 5 N–H and O–H groups in total. The number of rotatable bonds is 7. The summed E-state index contributed by atoms with van der Waals surface area (Å²) in [6, 6.07) is 0. The Morgan fingerprint density at radius 2 is 1.77 bits per heavy atom. The Hall–Kier alpha value is -2.46. The number of carbonyl (C=O) groups excluding carboxylic acids is 4. The van der Waals surface area contributed by atoms with Crippen molar-refractivity contribution in [1.29, 1.82) is 0 Å². The molecule has 4 amide bonds. The molecule has 2 rings (SSSR count). The number of ether oxygens (including phenoxy) is 1. The Morgan fingerprint density at radius 1 is 1.14 bits per heavy atom. The van der Waals surface area contributed by atoms with Crippen LogP contribution in [0.5, 0.6) is 0 Å². The molecule has 0 radical (unpaired) electrons. The quantitative estimate of drug-likeness (QED) is 0.357. The first-order valence-corrected chi connectivity index (χ1v) is 6.65. The van der Waals surface area contributed by atoms with Gasteiger partial charge in [-0.05, 0) is 6.08 Å². The number of nitrogens with zero attached hydrogens (tertiary/aromatic N) is 1. The molecule has 10 nitrogen and oxygen atoms in total. The van der Waals surface area contributed by atoms with E-state index in [1.54, 1.807) is 6.08 Å². The third kappa shape index (κ3) is 4.27. The number of fused-ring (bicyclic) bond motifs is 1. The van der Waals surface area contributed by atoms with Gasteiger partial charge in [-0.3, -0.25) is 24.1 Å². The SMILES string of the molecule is NCC(=O)NCC(=O)NCC(=O)NCN1C(=O)C=CC2OC21. The summed E-state index contributed by atoms with van der Waals surface area (Å²) in [7, 11) is 0. The van der Waals surface area contributed by atoms with Crippen molar-refractivity contribution in [2.24, 2.45) is 5.73 Å². The lowest BCUT2D eigenvalue weighted by Gasteiger charge is -2.21. The van der Waals surface area contributed by atoms with E-state index in [0.29, 0.717) is 0 Å². The first-order valence-electron chi connectivity index (χ1n) is 6.65. The van der Waals surface area contributed by atoms with Gasteiger partial charge >= 0.3 is 0 Å². The van der Waals surface area contributed by atoms with Crippen molar-refractivity contribution in [3.05, 3.63) is 12.2 Å². The largest absolute Gasteiger partial charge is 0.346 e. The van der Waals surface area contributed by atoms with Crippen LogP contribution < -0.4 is 21.7 Å². The Balaban J connectivity index is 1.62. The molecule has 2 atom stereocenters. The lowest BCUT2D eigenvalue weighted by atomic mass is 10.2. The zero-order valence-electron chi connectivity index (χ0n) is 11.7. The average molecular weight is 311 g/mol. The average Bonchev–Trinajstić information content (AvgIpc) is 3.29. The highest BCUT2D eigenvalue weighted by molar-refractivity contribution is 5.90. The van der Waals surface area contributed by atoms with Crippen molar-refractivity contribution >= 4 is 23.6 Å². The zero-order chi connectivity index (χ0) is 16.1. The maximum atomic E-state index is 11.6. The lowest BCUT2D eigenvalue weighted by Crippen LogP contribution is -2.47. The predicted molar refractivity (Wildman–Crippen MR) is 72.7 cm³/mol. The summed E-state index contributed by atoms with van der Waals surface area (Å²) < 4.78 is 5.20. The summed E-state index contributed by atoms with van der Waals surface area (Å²) in [5, 5.41) is 7.10. The standard InChI is InChI=1S/C12H17N5O5/c13-3-8(18)14-4-9(19)15-5-10(20)16-6-17-11(21)2-1-7-12(17)22-7/h1-2,7,12H,3-6,13H2,(H,14,18)(H,15,19)(H,16,20). The topological polar surface area (TPSA) is 146 Å². The van der Waals surface area contributed by atoms with Crippen molar-refractivity contribution in [2.75, 3.05) is 26.3 Å². The number of hydrogen-bond acceptors (Lipinski definition) is 6. The second kappa shape index (κ2) is 7.00. The number of nitrogens with two attached hydrogens (primary N) is 1. The fourth-order valence-corrected chi connectivity index (χ4v) is 1.80. The molecule has 2 heterocycles. The first kappa shape index (κ1) is 15.9. The molecule has 22 heavy (non-hydrogen) atoms. The van der Waals surface area contributed by atoms with Crippen LogP contribution in [0.25, 0.3) is 0 Å². The third-order valence-corrected chi connectivity index (χ3v) is 3.04. The van der Waals surface area contributed by atoms with Crippen LogP contribution in [0.2, 0.25) is 0 Å². The number of amides is 4. The monoisotopic (exact) mass is 311 g/mol. The van der Waals surface area contributed by atoms with E-state index in [-0.39, 0.29) is 44.5 Å². The summed E-state index contributed by atoms with van der Waals surface area (Å²) in [5.41, 5.74) is 5.06. The Morgan fingerprint density at radius 3 is 2.45 bits per heavy atom. The van der Waals surface area contributed by atoms with E-state index in [0.717, 1.165) is 0 Å². The van der Waals surface area contributed by atoms with Gasteiger partial charge in [0.05, 0.1) is 26.3 Å². The van der Waals surface area contributed by atoms with Crippen LogP contribution >= 0.6 is 0 Å². The highest BCUT2D eigenvalue weighted by atomic mass is 16.6. The van der Waals surface area contributed by atoms with Gasteiger partial charge in [0.2, 0.25) is 23.6 Å². The van der Waals surface area contributed by atoms with Crippen molar-refractivity contribution < 1.29 is 23.9 Å². The Bertz CT molecular complexity index is 520. The fraction of sp³-hybridized carbons (Fsp3) is 0.500. The number of epoxide rings is 1. The van der Waals surface area contributed by atoms with Gasteiger partial charge < -0.3 is 26.4 Å². The van der Waals surface area contributed by atoms with E-state index >= 15 is 0 Å². The van der Waals surface area contributed by atoms with Gasteiger partial charge in [-0.25, -0.2) is 0 Å². The molecule has 0 spiro atoms. The second-order valence-corrected chi connectivity index (χ2v) is 4.67. The lowest BCUT2D eigenvalue weighted by molar-refractivity contribution is -0.131. The van der Waals surface area contributed by atoms with E-state index in [2.05, 4.69) is 16.0 Å². The Labute approximate surface area is 126 Å². The molecule has 0 bridgehead atoms. The summed E-state index contributed by atoms with van der Waals surface area (Å²) in [5.74, 6) is -1.68. The molecule has 0 aromatic heterocycles. The van der Waals surface area contributed by atoms with Gasteiger partial charge in [0.25, 0.3) is 0 Å². The van der Waals surface area contributed by atoms with E-state index in [4.69, 9.17) is 10.5 Å². The van der Waals surface area contributed by atoms with Crippen LogP contribution in [0, 0.1) is 0 Å². The van der Waals surface area contributed by atoms with Crippen LogP contribution in [0.15, 0.2) is 12.2 Å². The molecule has 2 aliphatic heterocycles. The van der Waals surface area contributed by atoms with Crippen LogP contribution in [0.1, 0.15) is 0 Å². The van der Waals surface area contributed by atoms with Crippen LogP contribution in [0.3, 0.4) is 0 Å². The predicted octanol–water partition coefficient (Wildman–Crippen LogP) is -3.63. The minimum absolute atomic E-state index is 0.00293. The van der Waals surface area contributed by atoms with Gasteiger partial charge in [-0.2, -0.15) is 0 Å². The molecular weight excluding hydrogens is 294 g/mol. The van der Waals surface area contributed by atoms with E-state index in [1.165, 1.54) is 11.0 Å². The van der Waals surface area contributed by atoms with Gasteiger partial charge in [0, 0.05) is 6.08 Å². The molecule has 0 saturated carbocycles. The zero-order valence-corrected chi connectivity index (χ0v) is 11.7. The van der Waals surface area contributed by atoms with Crippen LogP contribution in [-0.2, 0) is 23.9 Å². The number of nitrogens with one attached hydrogen (secondary N) is 3. The van der Waals surface area contributed by atoms with Crippen molar-refractivity contribution in [3.8, 4) is 0 Å². The molecule has 0 aliphatic carbocycles. The van der Waals surface area contributed by atoms with Crippen LogP contribution in [-0.4, -0.2) is 67.2 Å². The van der Waals surface area contributed by atoms with Gasteiger partial charge in [0.15, 0.2) is 6.23 Å². The molecule has 2 unspecified atom stereocenters. The van der Waals surface area contributed by atoms with E-state index in [9.17, 15) is 19.2 Å². The van der Waals surface area contributed by atoms with E-state index < -0.39 is 17.7 Å². The van der Waals surface area contributed by atoms with E-state index in [1.807, 2.05) is 0 Å². The fourth-order valence-electron chi connectivity index (χ4n) is 1.80. The highest BCUT2D eigenvalue weighted by Gasteiger charge is 2.46.